The van der Waals surface area contributed by atoms with E-state index >= 15 is 0 Å². The van der Waals surface area contributed by atoms with Gasteiger partial charge >= 0.3 is 0 Å². The van der Waals surface area contributed by atoms with E-state index in [0.717, 1.165) is 26.1 Å². The third kappa shape index (κ3) is 1.92. The van der Waals surface area contributed by atoms with Crippen molar-refractivity contribution in [2.45, 2.75) is 44.6 Å². The third-order valence-electron chi connectivity index (χ3n) is 3.60. The summed E-state index contributed by atoms with van der Waals surface area (Å²) in [5.74, 6) is 0.233. The highest BCUT2D eigenvalue weighted by Crippen LogP contribution is 2.29. The Bertz CT molecular complexity index is 216. The zero-order chi connectivity index (χ0) is 10.0. The topological polar surface area (TPSA) is 32.3 Å². The molecule has 0 aromatic carbocycles. The van der Waals surface area contributed by atoms with E-state index in [9.17, 15) is 4.79 Å². The van der Waals surface area contributed by atoms with Gasteiger partial charge in [0.25, 0.3) is 0 Å². The molecule has 0 saturated carbocycles. The van der Waals surface area contributed by atoms with Crippen LogP contribution in [0.1, 0.15) is 39.0 Å². The van der Waals surface area contributed by atoms with Crippen molar-refractivity contribution in [1.82, 2.24) is 10.2 Å². The smallest absolute Gasteiger partial charge is 0.219 e. The molecule has 3 heteroatoms. The molecule has 14 heavy (non-hydrogen) atoms. The number of likely N-dealkylation sites (tertiary alicyclic amines) is 1. The summed E-state index contributed by atoms with van der Waals surface area (Å²) in [6.07, 6.45) is 6.26. The molecule has 1 unspecified atom stereocenters. The molecule has 3 nitrogen and oxygen atoms in total. The lowest BCUT2D eigenvalue weighted by Gasteiger charge is -2.45. The van der Waals surface area contributed by atoms with Gasteiger partial charge in [-0.25, -0.2) is 0 Å². The Hall–Kier alpha value is -0.570. The molecule has 2 rings (SSSR count). The fourth-order valence-electron chi connectivity index (χ4n) is 2.78. The minimum atomic E-state index is 0.233. The lowest BCUT2D eigenvalue weighted by molar-refractivity contribution is -0.131. The highest BCUT2D eigenvalue weighted by Gasteiger charge is 2.36. The second-order valence-electron chi connectivity index (χ2n) is 4.71. The van der Waals surface area contributed by atoms with E-state index in [0.29, 0.717) is 0 Å². The Labute approximate surface area is 85.8 Å². The SMILES string of the molecule is CC(=O)N1CCCC2(CCCCN2)C1. The standard InChI is InChI=1S/C11H20N2O/c1-10(14)13-8-4-6-11(9-13)5-2-3-7-12-11/h12H,2-9H2,1H3. The van der Waals surface area contributed by atoms with Crippen LogP contribution in [0.4, 0.5) is 0 Å². The average molecular weight is 196 g/mol. The molecule has 0 radical (unpaired) electrons. The zero-order valence-corrected chi connectivity index (χ0v) is 9.01. The highest BCUT2D eigenvalue weighted by molar-refractivity contribution is 5.73. The normalized spacial score (nSPS) is 33.4. The van der Waals surface area contributed by atoms with Gasteiger partial charge in [-0.15, -0.1) is 0 Å². The molecular weight excluding hydrogens is 176 g/mol. The molecule has 0 aromatic heterocycles. The Kier molecular flexibility index (Phi) is 2.77. The number of piperidine rings is 2. The molecule has 0 aromatic rings. The van der Waals surface area contributed by atoms with Gasteiger partial charge < -0.3 is 10.2 Å². The highest BCUT2D eigenvalue weighted by atomic mass is 16.2. The summed E-state index contributed by atoms with van der Waals surface area (Å²) in [4.78, 5) is 13.3. The number of carbonyl (C=O) groups excluding carboxylic acids is 1. The largest absolute Gasteiger partial charge is 0.341 e. The molecule has 2 fully saturated rings. The summed E-state index contributed by atoms with van der Waals surface area (Å²) in [5.41, 5.74) is 0.266. The van der Waals surface area contributed by atoms with Crippen molar-refractivity contribution in [3.8, 4) is 0 Å². The van der Waals surface area contributed by atoms with Crippen molar-refractivity contribution in [1.29, 1.82) is 0 Å². The first-order valence-electron chi connectivity index (χ1n) is 5.72. The first kappa shape index (κ1) is 9.97. The van der Waals surface area contributed by atoms with Crippen LogP contribution in [-0.2, 0) is 4.79 Å². The molecule has 2 aliphatic rings. The molecule has 2 aliphatic heterocycles. The van der Waals surface area contributed by atoms with Crippen molar-refractivity contribution < 1.29 is 4.79 Å². The van der Waals surface area contributed by atoms with Crippen molar-refractivity contribution >= 4 is 5.91 Å². The molecule has 1 amide bonds. The molecular formula is C11H20N2O. The van der Waals surface area contributed by atoms with Gasteiger partial charge in [0.1, 0.15) is 0 Å². The summed E-state index contributed by atoms with van der Waals surface area (Å²) in [5, 5.41) is 3.63. The second kappa shape index (κ2) is 3.89. The molecule has 1 atom stereocenters. The summed E-state index contributed by atoms with van der Waals surface area (Å²) in [6.45, 7) is 4.70. The van der Waals surface area contributed by atoms with Gasteiger partial charge in [0, 0.05) is 25.6 Å². The second-order valence-corrected chi connectivity index (χ2v) is 4.71. The van der Waals surface area contributed by atoms with E-state index in [-0.39, 0.29) is 11.4 Å². The number of carbonyl (C=O) groups is 1. The van der Waals surface area contributed by atoms with Crippen LogP contribution in [-0.4, -0.2) is 36.0 Å². The molecule has 80 valence electrons. The first-order chi connectivity index (χ1) is 6.72. The van der Waals surface area contributed by atoms with Crippen molar-refractivity contribution in [2.24, 2.45) is 0 Å². The Morgan fingerprint density at radius 2 is 2.07 bits per heavy atom. The zero-order valence-electron chi connectivity index (χ0n) is 9.01. The van der Waals surface area contributed by atoms with Crippen molar-refractivity contribution in [3.63, 3.8) is 0 Å². The predicted molar refractivity (Wildman–Crippen MR) is 56.1 cm³/mol. The number of rotatable bonds is 0. The van der Waals surface area contributed by atoms with E-state index < -0.39 is 0 Å². The van der Waals surface area contributed by atoms with Crippen LogP contribution < -0.4 is 5.32 Å². The third-order valence-corrected chi connectivity index (χ3v) is 3.60. The van der Waals surface area contributed by atoms with E-state index in [2.05, 4.69) is 5.32 Å². The van der Waals surface area contributed by atoms with Crippen LogP contribution >= 0.6 is 0 Å². The van der Waals surface area contributed by atoms with Gasteiger partial charge in [0.2, 0.25) is 5.91 Å². The Morgan fingerprint density at radius 1 is 1.29 bits per heavy atom. The minimum Gasteiger partial charge on any atom is -0.341 e. The average Bonchev–Trinajstić information content (AvgIpc) is 2.19. The Morgan fingerprint density at radius 3 is 2.71 bits per heavy atom. The number of amides is 1. The van der Waals surface area contributed by atoms with Gasteiger partial charge in [-0.05, 0) is 32.2 Å². The molecule has 1 N–H and O–H groups in total. The molecule has 2 heterocycles. The number of hydrogen-bond acceptors (Lipinski definition) is 2. The van der Waals surface area contributed by atoms with Crippen LogP contribution in [0.3, 0.4) is 0 Å². The lowest BCUT2D eigenvalue weighted by atomic mass is 9.82. The number of nitrogens with one attached hydrogen (secondary N) is 1. The fraction of sp³-hybridized carbons (Fsp3) is 0.909. The monoisotopic (exact) mass is 196 g/mol. The number of nitrogens with zero attached hydrogens (tertiary/aromatic N) is 1. The molecule has 1 spiro atoms. The predicted octanol–water partition coefficient (Wildman–Crippen LogP) is 1.14. The maximum absolute atomic E-state index is 11.3. The van der Waals surface area contributed by atoms with Crippen LogP contribution in [0.2, 0.25) is 0 Å². The lowest BCUT2D eigenvalue weighted by Crippen LogP contribution is -2.59. The first-order valence-corrected chi connectivity index (χ1v) is 5.72. The van der Waals surface area contributed by atoms with Crippen molar-refractivity contribution in [3.05, 3.63) is 0 Å². The molecule has 0 bridgehead atoms. The van der Waals surface area contributed by atoms with Gasteiger partial charge in [-0.3, -0.25) is 4.79 Å². The summed E-state index contributed by atoms with van der Waals surface area (Å²) >= 11 is 0. The van der Waals surface area contributed by atoms with Crippen LogP contribution in [0.5, 0.6) is 0 Å². The van der Waals surface area contributed by atoms with Gasteiger partial charge in [-0.2, -0.15) is 0 Å². The maximum atomic E-state index is 11.3. The van der Waals surface area contributed by atoms with Crippen LogP contribution in [0, 0.1) is 0 Å². The van der Waals surface area contributed by atoms with Crippen LogP contribution in [0.25, 0.3) is 0 Å². The quantitative estimate of drug-likeness (QED) is 0.630. The minimum absolute atomic E-state index is 0.233. The number of hydrogen-bond donors (Lipinski definition) is 1. The van der Waals surface area contributed by atoms with E-state index in [4.69, 9.17) is 0 Å². The maximum Gasteiger partial charge on any atom is 0.219 e. The van der Waals surface area contributed by atoms with Crippen LogP contribution in [0.15, 0.2) is 0 Å². The van der Waals surface area contributed by atoms with E-state index in [1.54, 1.807) is 6.92 Å². The molecule has 0 aliphatic carbocycles. The van der Waals surface area contributed by atoms with Crippen molar-refractivity contribution in [2.75, 3.05) is 19.6 Å². The van der Waals surface area contributed by atoms with Gasteiger partial charge in [0.15, 0.2) is 0 Å². The molecule has 2 saturated heterocycles. The Balaban J connectivity index is 2.01. The summed E-state index contributed by atoms with van der Waals surface area (Å²) in [7, 11) is 0. The van der Waals surface area contributed by atoms with E-state index in [1.165, 1.54) is 25.7 Å². The van der Waals surface area contributed by atoms with Gasteiger partial charge in [-0.1, -0.05) is 6.42 Å². The fourth-order valence-corrected chi connectivity index (χ4v) is 2.78. The van der Waals surface area contributed by atoms with E-state index in [1.807, 2.05) is 4.90 Å². The summed E-state index contributed by atoms with van der Waals surface area (Å²) in [6, 6.07) is 0. The summed E-state index contributed by atoms with van der Waals surface area (Å²) < 4.78 is 0. The van der Waals surface area contributed by atoms with Gasteiger partial charge in [0.05, 0.1) is 0 Å².